The summed E-state index contributed by atoms with van der Waals surface area (Å²) in [6.45, 7) is 0.713. The maximum Gasteiger partial charge on any atom is 0.326 e. The van der Waals surface area contributed by atoms with Crippen molar-refractivity contribution in [3.05, 3.63) is 29.8 Å². The largest absolute Gasteiger partial charge is 0.454 e. The van der Waals surface area contributed by atoms with E-state index in [4.69, 9.17) is 4.74 Å². The minimum absolute atomic E-state index is 0.267. The van der Waals surface area contributed by atoms with Crippen molar-refractivity contribution in [3.8, 4) is 0 Å². The maximum absolute atomic E-state index is 13.5. The summed E-state index contributed by atoms with van der Waals surface area (Å²) in [6, 6.07) is 1.93. The van der Waals surface area contributed by atoms with E-state index in [0.717, 1.165) is 36.3 Å². The first-order valence-corrected chi connectivity index (χ1v) is 9.78. The average Bonchev–Trinajstić information content (AvgIpc) is 2.93. The summed E-state index contributed by atoms with van der Waals surface area (Å²) in [5.74, 6) is -3.52. The predicted molar refractivity (Wildman–Crippen MR) is 101 cm³/mol. The topological polar surface area (TPSA) is 105 Å². The van der Waals surface area contributed by atoms with Crippen LogP contribution in [0.25, 0.3) is 0 Å². The Kier molecular flexibility index (Phi) is 6.33. The monoisotopic (exact) mass is 423 g/mol. The third-order valence-electron chi connectivity index (χ3n) is 5.64. The Morgan fingerprint density at radius 3 is 2.60 bits per heavy atom. The van der Waals surface area contributed by atoms with E-state index in [0.29, 0.717) is 24.8 Å². The van der Waals surface area contributed by atoms with Crippen LogP contribution >= 0.6 is 0 Å². The Morgan fingerprint density at radius 1 is 1.27 bits per heavy atom. The van der Waals surface area contributed by atoms with Gasteiger partial charge in [0.25, 0.3) is 11.8 Å². The van der Waals surface area contributed by atoms with Crippen molar-refractivity contribution in [2.45, 2.75) is 44.6 Å². The molecule has 2 N–H and O–H groups in total. The third-order valence-corrected chi connectivity index (χ3v) is 5.64. The molecule has 4 amide bonds. The molecule has 8 nitrogen and oxygen atoms in total. The number of imide groups is 1. The van der Waals surface area contributed by atoms with Crippen molar-refractivity contribution in [2.24, 2.45) is 5.92 Å². The van der Waals surface area contributed by atoms with Crippen molar-refractivity contribution >= 4 is 29.5 Å². The molecule has 2 aliphatic rings. The third kappa shape index (κ3) is 4.58. The van der Waals surface area contributed by atoms with Crippen molar-refractivity contribution in [3.63, 3.8) is 0 Å². The molecule has 162 valence electrons. The molecule has 1 heterocycles. The summed E-state index contributed by atoms with van der Waals surface area (Å²) >= 11 is 0. The van der Waals surface area contributed by atoms with Crippen LogP contribution < -0.4 is 10.6 Å². The summed E-state index contributed by atoms with van der Waals surface area (Å²) in [5, 5.41) is 4.85. The quantitative estimate of drug-likeness (QED) is 0.540. The number of anilines is 1. The van der Waals surface area contributed by atoms with Crippen LogP contribution in [-0.2, 0) is 19.1 Å². The Hall–Kier alpha value is -3.04. The Labute approximate surface area is 171 Å². The molecule has 1 spiro atoms. The van der Waals surface area contributed by atoms with Crippen LogP contribution in [0.4, 0.5) is 19.3 Å². The van der Waals surface area contributed by atoms with Crippen LogP contribution in [0, 0.1) is 17.6 Å². The minimum Gasteiger partial charge on any atom is -0.454 e. The Balaban J connectivity index is 1.50. The number of hydrogen-bond donors (Lipinski definition) is 2. The van der Waals surface area contributed by atoms with Gasteiger partial charge in [0.05, 0.1) is 5.69 Å². The zero-order chi connectivity index (χ0) is 21.9. The highest BCUT2D eigenvalue weighted by Crippen LogP contribution is 2.37. The molecular weight excluding hydrogens is 400 g/mol. The van der Waals surface area contributed by atoms with Gasteiger partial charge in [-0.1, -0.05) is 13.3 Å². The Bertz CT molecular complexity index is 868. The highest BCUT2D eigenvalue weighted by Gasteiger charge is 2.52. The lowest BCUT2D eigenvalue weighted by molar-refractivity contribution is -0.150. The highest BCUT2D eigenvalue weighted by atomic mass is 19.1. The molecule has 1 aromatic rings. The van der Waals surface area contributed by atoms with Crippen LogP contribution in [-0.4, -0.2) is 47.4 Å². The number of amides is 4. The predicted octanol–water partition coefficient (Wildman–Crippen LogP) is 2.34. The summed E-state index contributed by atoms with van der Waals surface area (Å²) in [4.78, 5) is 49.6. The lowest BCUT2D eigenvalue weighted by Gasteiger charge is -2.34. The molecule has 1 aliphatic heterocycles. The van der Waals surface area contributed by atoms with Crippen molar-refractivity contribution in [1.82, 2.24) is 10.2 Å². The maximum atomic E-state index is 13.5. The van der Waals surface area contributed by atoms with E-state index in [-0.39, 0.29) is 5.69 Å². The molecule has 0 aromatic heterocycles. The molecule has 0 atom stereocenters. The number of halogens is 2. The second-order valence-electron chi connectivity index (χ2n) is 7.59. The summed E-state index contributed by atoms with van der Waals surface area (Å²) < 4.78 is 31.2. The van der Waals surface area contributed by atoms with Crippen molar-refractivity contribution in [1.29, 1.82) is 0 Å². The number of nitrogens with one attached hydrogen (secondary N) is 2. The number of hydrogen-bond acceptors (Lipinski definition) is 5. The lowest BCUT2D eigenvalue weighted by atomic mass is 9.75. The number of rotatable bonds is 6. The van der Waals surface area contributed by atoms with Gasteiger partial charge < -0.3 is 15.4 Å². The number of benzene rings is 1. The molecule has 0 unspecified atom stereocenters. The molecule has 0 radical (unpaired) electrons. The van der Waals surface area contributed by atoms with Crippen LogP contribution in [0.3, 0.4) is 0 Å². The molecular formula is C20H23F2N3O5. The van der Waals surface area contributed by atoms with E-state index in [2.05, 4.69) is 17.6 Å². The first kappa shape index (κ1) is 21.7. The fourth-order valence-corrected chi connectivity index (χ4v) is 3.84. The lowest BCUT2D eigenvalue weighted by Crippen LogP contribution is -2.49. The second-order valence-corrected chi connectivity index (χ2v) is 7.59. The van der Waals surface area contributed by atoms with Crippen LogP contribution in [0.1, 0.15) is 39.0 Å². The average molecular weight is 423 g/mol. The van der Waals surface area contributed by atoms with Crippen LogP contribution in [0.15, 0.2) is 18.2 Å². The summed E-state index contributed by atoms with van der Waals surface area (Å²) in [5.41, 5.74) is -1.24. The Morgan fingerprint density at radius 2 is 1.97 bits per heavy atom. The first-order chi connectivity index (χ1) is 14.2. The van der Waals surface area contributed by atoms with Gasteiger partial charge in [-0.15, -0.1) is 0 Å². The van der Waals surface area contributed by atoms with Crippen molar-refractivity contribution in [2.75, 3.05) is 18.5 Å². The van der Waals surface area contributed by atoms with Gasteiger partial charge in [0.2, 0.25) is 0 Å². The van der Waals surface area contributed by atoms with Gasteiger partial charge in [-0.3, -0.25) is 19.3 Å². The number of urea groups is 1. The summed E-state index contributed by atoms with van der Waals surface area (Å²) in [7, 11) is 0. The summed E-state index contributed by atoms with van der Waals surface area (Å²) in [6.07, 6.45) is 3.69. The van der Waals surface area contributed by atoms with Gasteiger partial charge in [-0.05, 0) is 43.7 Å². The van der Waals surface area contributed by atoms with Gasteiger partial charge in [-0.2, -0.15) is 0 Å². The normalized spacial score (nSPS) is 23.4. The van der Waals surface area contributed by atoms with Gasteiger partial charge in [0.1, 0.15) is 23.7 Å². The van der Waals surface area contributed by atoms with Gasteiger partial charge in [0.15, 0.2) is 6.61 Å². The second kappa shape index (κ2) is 8.76. The number of nitrogens with zero attached hydrogens (tertiary/aromatic N) is 1. The zero-order valence-electron chi connectivity index (χ0n) is 16.5. The molecule has 0 bridgehead atoms. The SMILES string of the molecule is CCC1CCC2(CC1)NC(=O)N(CC(=O)OCC(=O)Nc1ccc(F)cc1F)C2=O. The number of esters is 1. The number of ether oxygens (including phenoxy) is 1. The van der Waals surface area contributed by atoms with Crippen LogP contribution in [0.2, 0.25) is 0 Å². The molecule has 2 fully saturated rings. The van der Waals surface area contributed by atoms with E-state index < -0.39 is 54.1 Å². The van der Waals surface area contributed by atoms with Crippen LogP contribution in [0.5, 0.6) is 0 Å². The van der Waals surface area contributed by atoms with Crippen molar-refractivity contribution < 1.29 is 32.7 Å². The molecule has 30 heavy (non-hydrogen) atoms. The zero-order valence-corrected chi connectivity index (χ0v) is 16.5. The van der Waals surface area contributed by atoms with E-state index >= 15 is 0 Å². The fourth-order valence-electron chi connectivity index (χ4n) is 3.84. The van der Waals surface area contributed by atoms with Gasteiger partial charge in [-0.25, -0.2) is 13.6 Å². The molecule has 1 saturated heterocycles. The highest BCUT2D eigenvalue weighted by molar-refractivity contribution is 6.08. The molecule has 3 rings (SSSR count). The smallest absolute Gasteiger partial charge is 0.326 e. The standard InChI is InChI=1S/C20H23F2N3O5/c1-2-12-5-7-20(8-6-12)18(28)25(19(29)24-20)10-17(27)30-11-16(26)23-15-4-3-13(21)9-14(15)22/h3-4,9,12H,2,5-8,10-11H2,1H3,(H,23,26)(H,24,29). The number of carbonyl (C=O) groups is 4. The molecule has 1 aromatic carbocycles. The number of carbonyl (C=O) groups excluding carboxylic acids is 4. The van der Waals surface area contributed by atoms with E-state index in [1.165, 1.54) is 0 Å². The van der Waals surface area contributed by atoms with Gasteiger partial charge >= 0.3 is 12.0 Å². The van der Waals surface area contributed by atoms with Gasteiger partial charge in [0, 0.05) is 6.07 Å². The first-order valence-electron chi connectivity index (χ1n) is 9.78. The molecule has 1 aliphatic carbocycles. The van der Waals surface area contributed by atoms with E-state index in [1.807, 2.05) is 0 Å². The molecule has 10 heteroatoms. The van der Waals surface area contributed by atoms with E-state index in [9.17, 15) is 28.0 Å². The van der Waals surface area contributed by atoms with E-state index in [1.54, 1.807) is 0 Å². The fraction of sp³-hybridized carbons (Fsp3) is 0.500. The minimum atomic E-state index is -0.975. The molecule has 1 saturated carbocycles.